The molecule has 1 aliphatic rings. The lowest BCUT2D eigenvalue weighted by molar-refractivity contribution is -0.143. The summed E-state index contributed by atoms with van der Waals surface area (Å²) < 4.78 is 0. The Balaban J connectivity index is 2.98. The van der Waals surface area contributed by atoms with Crippen molar-refractivity contribution in [3.8, 4) is 0 Å². The van der Waals surface area contributed by atoms with E-state index < -0.39 is 102 Å². The molecular weight excluding hydrogens is 642 g/mol. The molecule has 8 atom stereocenters. The lowest BCUT2D eigenvalue weighted by atomic mass is 10.00. The van der Waals surface area contributed by atoms with Crippen LogP contribution in [0.15, 0.2) is 0 Å². The van der Waals surface area contributed by atoms with Crippen LogP contribution in [0.4, 0.5) is 0 Å². The first-order valence-electron chi connectivity index (χ1n) is 16.8. The molecule has 0 spiro atoms. The van der Waals surface area contributed by atoms with E-state index in [1.54, 1.807) is 13.8 Å². The number of aliphatic carboxylic acids is 1. The summed E-state index contributed by atoms with van der Waals surface area (Å²) in [6.07, 6.45) is -0.111. The zero-order valence-electron chi connectivity index (χ0n) is 29.8. The van der Waals surface area contributed by atoms with Crippen LogP contribution in [0.3, 0.4) is 0 Å². The molecule has 17 nitrogen and oxygen atoms in total. The van der Waals surface area contributed by atoms with Gasteiger partial charge < -0.3 is 52.5 Å². The van der Waals surface area contributed by atoms with Crippen LogP contribution in [0.25, 0.3) is 0 Å². The summed E-state index contributed by atoms with van der Waals surface area (Å²) in [5.74, 6) is -5.99. The average Bonchev–Trinajstić information content (AvgIpc) is 3.50. The van der Waals surface area contributed by atoms with Crippen molar-refractivity contribution in [1.29, 1.82) is 0 Å². The molecule has 280 valence electrons. The molecule has 1 fully saturated rings. The lowest BCUT2D eigenvalue weighted by Crippen LogP contribution is -2.60. The highest BCUT2D eigenvalue weighted by Crippen LogP contribution is 2.20. The smallest absolute Gasteiger partial charge is 0.326 e. The van der Waals surface area contributed by atoms with Crippen LogP contribution in [0.2, 0.25) is 0 Å². The minimum Gasteiger partial charge on any atom is -0.480 e. The first-order chi connectivity index (χ1) is 22.7. The number of aliphatic hydroxyl groups excluding tert-OH is 2. The third kappa shape index (κ3) is 13.5. The van der Waals surface area contributed by atoms with Crippen molar-refractivity contribution >= 4 is 41.4 Å². The molecular formula is C32H57N7O10. The molecule has 1 heterocycles. The average molecular weight is 700 g/mol. The fourth-order valence-corrected chi connectivity index (χ4v) is 5.29. The van der Waals surface area contributed by atoms with E-state index in [-0.39, 0.29) is 37.6 Å². The number of carboxylic acids is 1. The number of carbonyl (C=O) groups is 7. The van der Waals surface area contributed by atoms with Gasteiger partial charge in [0.1, 0.15) is 42.3 Å². The van der Waals surface area contributed by atoms with Crippen LogP contribution in [-0.2, 0) is 33.6 Å². The second kappa shape index (κ2) is 20.0. The van der Waals surface area contributed by atoms with E-state index in [0.29, 0.717) is 6.42 Å². The molecule has 1 rings (SSSR count). The number of carboxylic acid groups (broad SMARTS) is 1. The van der Waals surface area contributed by atoms with Crippen molar-refractivity contribution in [1.82, 2.24) is 31.5 Å². The van der Waals surface area contributed by atoms with Gasteiger partial charge in [-0.2, -0.15) is 0 Å². The van der Waals surface area contributed by atoms with Crippen molar-refractivity contribution in [2.45, 2.75) is 129 Å². The Labute approximate surface area is 287 Å². The summed E-state index contributed by atoms with van der Waals surface area (Å²) in [6, 6.07) is -8.25. The van der Waals surface area contributed by atoms with Gasteiger partial charge in [0, 0.05) is 6.54 Å². The predicted octanol–water partition coefficient (Wildman–Crippen LogP) is -2.05. The second-order valence-electron chi connectivity index (χ2n) is 13.9. The third-order valence-electron chi connectivity index (χ3n) is 8.12. The number of hydrogen-bond donors (Lipinski definition) is 9. The Bertz CT molecular complexity index is 1180. The molecule has 0 radical (unpaired) electrons. The number of nitrogens with one attached hydrogen (secondary N) is 5. The number of amides is 6. The fraction of sp³-hybridized carbons (Fsp3) is 0.781. The van der Waals surface area contributed by atoms with Crippen LogP contribution < -0.4 is 32.3 Å². The summed E-state index contributed by atoms with van der Waals surface area (Å²) in [7, 11) is 0. The van der Waals surface area contributed by atoms with Crippen molar-refractivity contribution < 1.29 is 48.9 Å². The third-order valence-corrected chi connectivity index (χ3v) is 8.12. The van der Waals surface area contributed by atoms with Crippen molar-refractivity contribution in [3.05, 3.63) is 0 Å². The van der Waals surface area contributed by atoms with Gasteiger partial charge in [0.25, 0.3) is 0 Å². The summed E-state index contributed by atoms with van der Waals surface area (Å²) in [4.78, 5) is 91.3. The number of hydrogen-bond acceptors (Lipinski definition) is 10. The zero-order chi connectivity index (χ0) is 37.7. The number of likely N-dealkylation sites (tertiary alicyclic amines) is 1. The van der Waals surface area contributed by atoms with E-state index in [1.165, 1.54) is 18.7 Å². The molecule has 1 aliphatic heterocycles. The number of nitrogens with two attached hydrogens (primary N) is 1. The maximum Gasteiger partial charge on any atom is 0.326 e. The molecule has 6 amide bonds. The highest BCUT2D eigenvalue weighted by atomic mass is 16.4. The Morgan fingerprint density at radius 2 is 1.27 bits per heavy atom. The van der Waals surface area contributed by atoms with Crippen LogP contribution >= 0.6 is 0 Å². The van der Waals surface area contributed by atoms with Crippen molar-refractivity contribution in [2.75, 3.05) is 13.2 Å². The predicted molar refractivity (Wildman–Crippen MR) is 178 cm³/mol. The minimum atomic E-state index is -1.42. The molecule has 17 heteroatoms. The first-order valence-corrected chi connectivity index (χ1v) is 16.8. The molecule has 10 N–H and O–H groups in total. The van der Waals surface area contributed by atoms with E-state index in [0.717, 1.165) is 0 Å². The minimum absolute atomic E-state index is 0.00705. The Hall–Kier alpha value is -3.83. The van der Waals surface area contributed by atoms with E-state index >= 15 is 0 Å². The molecule has 49 heavy (non-hydrogen) atoms. The second-order valence-corrected chi connectivity index (χ2v) is 13.9. The molecule has 0 aromatic heterocycles. The Kier molecular flexibility index (Phi) is 17.6. The van der Waals surface area contributed by atoms with Crippen LogP contribution in [0, 0.1) is 17.8 Å². The van der Waals surface area contributed by atoms with Gasteiger partial charge in [-0.15, -0.1) is 0 Å². The molecule has 0 aliphatic carbocycles. The monoisotopic (exact) mass is 699 g/mol. The summed E-state index contributed by atoms with van der Waals surface area (Å²) in [5, 5.41) is 41.5. The van der Waals surface area contributed by atoms with Crippen LogP contribution in [-0.4, -0.2) is 123 Å². The van der Waals surface area contributed by atoms with Crippen LogP contribution in [0.5, 0.6) is 0 Å². The van der Waals surface area contributed by atoms with Gasteiger partial charge in [0.2, 0.25) is 35.4 Å². The maximum absolute atomic E-state index is 13.4. The highest BCUT2D eigenvalue weighted by Gasteiger charge is 2.40. The quantitative estimate of drug-likeness (QED) is 0.0708. The summed E-state index contributed by atoms with van der Waals surface area (Å²) in [6.45, 7) is 12.7. The topological polar surface area (TPSA) is 270 Å². The van der Waals surface area contributed by atoms with E-state index in [1.807, 2.05) is 27.7 Å². The number of rotatable bonds is 19. The van der Waals surface area contributed by atoms with E-state index in [9.17, 15) is 48.9 Å². The number of carbonyl (C=O) groups excluding carboxylic acids is 6. The number of nitrogens with zero attached hydrogens (tertiary/aromatic N) is 1. The fourth-order valence-electron chi connectivity index (χ4n) is 5.29. The summed E-state index contributed by atoms with van der Waals surface area (Å²) >= 11 is 0. The van der Waals surface area contributed by atoms with Crippen molar-refractivity contribution in [2.24, 2.45) is 23.5 Å². The molecule has 1 saturated heterocycles. The largest absolute Gasteiger partial charge is 0.480 e. The zero-order valence-corrected chi connectivity index (χ0v) is 29.8. The van der Waals surface area contributed by atoms with Gasteiger partial charge in [-0.05, 0) is 57.3 Å². The Morgan fingerprint density at radius 1 is 0.735 bits per heavy atom. The lowest BCUT2D eigenvalue weighted by Gasteiger charge is -2.31. The molecule has 0 aromatic rings. The van der Waals surface area contributed by atoms with Gasteiger partial charge in [0.15, 0.2) is 0 Å². The first kappa shape index (κ1) is 43.2. The van der Waals surface area contributed by atoms with E-state index in [2.05, 4.69) is 26.6 Å². The van der Waals surface area contributed by atoms with Crippen LogP contribution in [0.1, 0.15) is 81.1 Å². The molecule has 0 aromatic carbocycles. The van der Waals surface area contributed by atoms with Gasteiger partial charge in [-0.1, -0.05) is 41.5 Å². The Morgan fingerprint density at radius 3 is 1.76 bits per heavy atom. The number of aliphatic hydroxyl groups is 2. The van der Waals surface area contributed by atoms with E-state index in [4.69, 9.17) is 5.73 Å². The van der Waals surface area contributed by atoms with Gasteiger partial charge in [-0.25, -0.2) is 4.79 Å². The van der Waals surface area contributed by atoms with Gasteiger partial charge in [0.05, 0.1) is 12.7 Å². The van der Waals surface area contributed by atoms with Gasteiger partial charge in [-0.3, -0.25) is 28.8 Å². The normalized spacial score (nSPS) is 18.9. The SMILES string of the molecule is CC(C)C[C@H](NC(=O)[C@H](CC(C)C)NC(=O)[C@H](C)NC(=O)[C@@H](NC(=O)[C@@H]1CCCN1C(=O)[C@H](CO)NC(=O)[C@@H](N)[C@@H](C)O)C(C)C)C(=O)O. The maximum atomic E-state index is 13.4. The van der Waals surface area contributed by atoms with Gasteiger partial charge >= 0.3 is 5.97 Å². The molecule has 0 bridgehead atoms. The molecule has 0 unspecified atom stereocenters. The highest BCUT2D eigenvalue weighted by molar-refractivity contribution is 5.97. The summed E-state index contributed by atoms with van der Waals surface area (Å²) in [5.41, 5.74) is 5.62. The standard InChI is InChI=1S/C32H57N7O10/c1-15(2)12-20(27(43)36-21(32(48)49)13-16(3)4)35-26(42)18(7)34-30(46)25(17(5)6)38-28(44)23-10-9-11-39(23)31(47)22(14-40)37-29(45)24(33)19(8)41/h15-25,40-41H,9-14,33H2,1-8H3,(H,34,46)(H,35,42)(H,36,43)(H,37,45)(H,38,44)(H,48,49)/t18-,19+,20-,21-,22-,23-,24-,25-/m0/s1. The van der Waals surface area contributed by atoms with Crippen molar-refractivity contribution in [3.63, 3.8) is 0 Å². The molecule has 0 saturated carbocycles.